The van der Waals surface area contributed by atoms with Crippen LogP contribution in [-0.2, 0) is 9.53 Å². The summed E-state index contributed by atoms with van der Waals surface area (Å²) in [6, 6.07) is 8.81. The van der Waals surface area contributed by atoms with Gasteiger partial charge >= 0.3 is 5.97 Å². The number of nitro groups is 1. The van der Waals surface area contributed by atoms with E-state index in [0.29, 0.717) is 23.8 Å². The first-order valence-corrected chi connectivity index (χ1v) is 9.77. The number of carbonyl (C=O) groups is 2. The van der Waals surface area contributed by atoms with Crippen molar-refractivity contribution in [2.24, 2.45) is 5.92 Å². The van der Waals surface area contributed by atoms with Crippen LogP contribution in [0.15, 0.2) is 40.8 Å². The molecule has 1 aromatic heterocycles. The van der Waals surface area contributed by atoms with E-state index in [2.05, 4.69) is 5.32 Å². The molecule has 1 aromatic carbocycles. The van der Waals surface area contributed by atoms with Crippen molar-refractivity contribution < 1.29 is 23.7 Å². The highest BCUT2D eigenvalue weighted by Gasteiger charge is 2.23. The number of nitro benzene ring substituents is 1. The summed E-state index contributed by atoms with van der Waals surface area (Å²) in [5.74, 6) is -0.235. The van der Waals surface area contributed by atoms with Crippen LogP contribution < -0.4 is 5.32 Å². The number of hydrogen-bond acceptors (Lipinski definition) is 6. The summed E-state index contributed by atoms with van der Waals surface area (Å²) >= 11 is 0. The molecule has 1 aliphatic carbocycles. The molecule has 1 heterocycles. The molecule has 3 rings (SSSR count). The lowest BCUT2D eigenvalue weighted by molar-refractivity contribution is -0.384. The Kier molecular flexibility index (Phi) is 6.64. The van der Waals surface area contributed by atoms with Crippen LogP contribution in [0.1, 0.15) is 49.6 Å². The lowest BCUT2D eigenvalue weighted by Crippen LogP contribution is -2.38. The van der Waals surface area contributed by atoms with Gasteiger partial charge in [0, 0.05) is 24.2 Å². The van der Waals surface area contributed by atoms with Gasteiger partial charge in [-0.05, 0) is 49.9 Å². The standard InChI is InChI=1S/C21H24N2O6/c1-14(20(24)22-13-15-5-3-2-4-6-15)28-21(25)19-12-11-18(29-19)16-7-9-17(10-8-16)23(26)27/h7-12,14-15H,2-6,13H2,1H3,(H,22,24). The first kappa shape index (κ1) is 20.6. The van der Waals surface area contributed by atoms with Gasteiger partial charge in [0.2, 0.25) is 5.76 Å². The van der Waals surface area contributed by atoms with E-state index in [4.69, 9.17) is 9.15 Å². The maximum atomic E-state index is 12.3. The highest BCUT2D eigenvalue weighted by atomic mass is 16.6. The Morgan fingerprint density at radius 2 is 1.86 bits per heavy atom. The Labute approximate surface area is 168 Å². The average Bonchev–Trinajstić information content (AvgIpc) is 3.23. The number of rotatable bonds is 7. The number of esters is 1. The molecule has 1 aliphatic rings. The number of benzene rings is 1. The van der Waals surface area contributed by atoms with Crippen LogP contribution in [0.25, 0.3) is 11.3 Å². The third-order valence-corrected chi connectivity index (χ3v) is 5.11. The van der Waals surface area contributed by atoms with E-state index in [1.54, 1.807) is 6.07 Å². The Balaban J connectivity index is 1.53. The minimum atomic E-state index is -0.931. The highest BCUT2D eigenvalue weighted by molar-refractivity contribution is 5.90. The molecule has 0 saturated heterocycles. The fraction of sp³-hybridized carbons (Fsp3) is 0.429. The van der Waals surface area contributed by atoms with Gasteiger partial charge in [-0.3, -0.25) is 14.9 Å². The predicted molar refractivity (Wildman–Crippen MR) is 105 cm³/mol. The number of ether oxygens (including phenoxy) is 1. The zero-order valence-corrected chi connectivity index (χ0v) is 16.3. The quantitative estimate of drug-likeness (QED) is 0.425. The van der Waals surface area contributed by atoms with E-state index < -0.39 is 17.0 Å². The smallest absolute Gasteiger partial charge is 0.375 e. The van der Waals surface area contributed by atoms with Gasteiger partial charge in [0.05, 0.1) is 4.92 Å². The zero-order valence-electron chi connectivity index (χ0n) is 16.3. The number of amides is 1. The topological polar surface area (TPSA) is 112 Å². The molecule has 1 saturated carbocycles. The lowest BCUT2D eigenvalue weighted by Gasteiger charge is -2.22. The normalized spacial score (nSPS) is 15.5. The molecule has 154 valence electrons. The second kappa shape index (κ2) is 9.36. The van der Waals surface area contributed by atoms with Gasteiger partial charge in [-0.25, -0.2) is 4.79 Å². The first-order chi connectivity index (χ1) is 13.9. The van der Waals surface area contributed by atoms with Crippen LogP contribution in [0.4, 0.5) is 5.69 Å². The van der Waals surface area contributed by atoms with Crippen LogP contribution in [0.2, 0.25) is 0 Å². The molecular formula is C21H24N2O6. The average molecular weight is 400 g/mol. The minimum absolute atomic E-state index is 0.0343. The minimum Gasteiger partial charge on any atom is -0.449 e. The van der Waals surface area contributed by atoms with E-state index >= 15 is 0 Å². The number of hydrogen-bond donors (Lipinski definition) is 1. The van der Waals surface area contributed by atoms with Crippen molar-refractivity contribution in [3.63, 3.8) is 0 Å². The van der Waals surface area contributed by atoms with Crippen molar-refractivity contribution >= 4 is 17.6 Å². The summed E-state index contributed by atoms with van der Waals surface area (Å²) in [6.45, 7) is 2.13. The Bertz CT molecular complexity index is 868. The summed E-state index contributed by atoms with van der Waals surface area (Å²) in [4.78, 5) is 34.7. The van der Waals surface area contributed by atoms with E-state index in [1.165, 1.54) is 56.5 Å². The molecule has 0 aliphatic heterocycles. The van der Waals surface area contributed by atoms with Gasteiger partial charge < -0.3 is 14.5 Å². The highest BCUT2D eigenvalue weighted by Crippen LogP contribution is 2.25. The predicted octanol–water partition coefficient (Wildman–Crippen LogP) is 4.10. The molecule has 0 bridgehead atoms. The van der Waals surface area contributed by atoms with E-state index in [0.717, 1.165) is 12.8 Å². The van der Waals surface area contributed by atoms with Crippen LogP contribution in [0, 0.1) is 16.0 Å². The lowest BCUT2D eigenvalue weighted by atomic mass is 9.89. The van der Waals surface area contributed by atoms with Crippen LogP contribution in [-0.4, -0.2) is 29.4 Å². The van der Waals surface area contributed by atoms with Gasteiger partial charge in [0.15, 0.2) is 6.10 Å². The third-order valence-electron chi connectivity index (χ3n) is 5.11. The molecule has 0 spiro atoms. The number of furan rings is 1. The van der Waals surface area contributed by atoms with E-state index in [9.17, 15) is 19.7 Å². The molecule has 1 unspecified atom stereocenters. The number of nitrogens with one attached hydrogen (secondary N) is 1. The molecule has 29 heavy (non-hydrogen) atoms. The molecule has 2 aromatic rings. The zero-order chi connectivity index (χ0) is 20.8. The molecule has 8 nitrogen and oxygen atoms in total. The number of carbonyl (C=O) groups excluding carboxylic acids is 2. The largest absolute Gasteiger partial charge is 0.449 e. The molecule has 8 heteroatoms. The van der Waals surface area contributed by atoms with Crippen molar-refractivity contribution in [3.05, 3.63) is 52.3 Å². The van der Waals surface area contributed by atoms with Crippen LogP contribution in [0.5, 0.6) is 0 Å². The van der Waals surface area contributed by atoms with Gasteiger partial charge in [0.1, 0.15) is 5.76 Å². The van der Waals surface area contributed by atoms with E-state index in [-0.39, 0.29) is 17.4 Å². The number of non-ortho nitro benzene ring substituents is 1. The van der Waals surface area contributed by atoms with Crippen molar-refractivity contribution in [2.75, 3.05) is 6.54 Å². The fourth-order valence-electron chi connectivity index (χ4n) is 3.40. The SMILES string of the molecule is CC(OC(=O)c1ccc(-c2ccc([N+](=O)[O-])cc2)o1)C(=O)NCC1CCCCC1. The molecule has 1 amide bonds. The van der Waals surface area contributed by atoms with Crippen molar-refractivity contribution in [1.29, 1.82) is 0 Å². The van der Waals surface area contributed by atoms with Crippen molar-refractivity contribution in [2.45, 2.75) is 45.1 Å². The molecular weight excluding hydrogens is 376 g/mol. The second-order valence-corrected chi connectivity index (χ2v) is 7.26. The fourth-order valence-corrected chi connectivity index (χ4v) is 3.40. The van der Waals surface area contributed by atoms with E-state index in [1.807, 2.05) is 0 Å². The summed E-state index contributed by atoms with van der Waals surface area (Å²) in [6.07, 6.45) is 4.95. The van der Waals surface area contributed by atoms with Crippen LogP contribution >= 0.6 is 0 Å². The third kappa shape index (κ3) is 5.43. The van der Waals surface area contributed by atoms with Gasteiger partial charge in [0.25, 0.3) is 11.6 Å². The summed E-state index contributed by atoms with van der Waals surface area (Å²) < 4.78 is 10.7. The summed E-state index contributed by atoms with van der Waals surface area (Å²) in [5.41, 5.74) is 0.556. The molecule has 0 radical (unpaired) electrons. The van der Waals surface area contributed by atoms with Gasteiger partial charge in [-0.1, -0.05) is 19.3 Å². The molecule has 1 fully saturated rings. The molecule has 1 N–H and O–H groups in total. The van der Waals surface area contributed by atoms with Crippen LogP contribution in [0.3, 0.4) is 0 Å². The first-order valence-electron chi connectivity index (χ1n) is 9.77. The van der Waals surface area contributed by atoms with Crippen molar-refractivity contribution in [1.82, 2.24) is 5.32 Å². The maximum Gasteiger partial charge on any atom is 0.375 e. The van der Waals surface area contributed by atoms with Gasteiger partial charge in [-0.15, -0.1) is 0 Å². The Hall–Kier alpha value is -3.16. The Morgan fingerprint density at radius 3 is 2.52 bits per heavy atom. The summed E-state index contributed by atoms with van der Waals surface area (Å²) in [5, 5.41) is 13.6. The molecule has 1 atom stereocenters. The second-order valence-electron chi connectivity index (χ2n) is 7.26. The summed E-state index contributed by atoms with van der Waals surface area (Å²) in [7, 11) is 0. The van der Waals surface area contributed by atoms with Gasteiger partial charge in [-0.2, -0.15) is 0 Å². The Morgan fingerprint density at radius 1 is 1.17 bits per heavy atom. The monoisotopic (exact) mass is 400 g/mol. The number of nitrogens with zero attached hydrogens (tertiary/aromatic N) is 1. The van der Waals surface area contributed by atoms with Crippen molar-refractivity contribution in [3.8, 4) is 11.3 Å². The maximum absolute atomic E-state index is 12.3.